The van der Waals surface area contributed by atoms with Gasteiger partial charge in [-0.3, -0.25) is 0 Å². The van der Waals surface area contributed by atoms with Crippen LogP contribution < -0.4 is 0 Å². The van der Waals surface area contributed by atoms with Gasteiger partial charge < -0.3 is 0 Å². The molecule has 0 bridgehead atoms. The van der Waals surface area contributed by atoms with E-state index < -0.39 is 8.07 Å². The minimum Gasteiger partial charge on any atom is -0.0650 e. The maximum atomic E-state index is 2.48. The molecule has 25 heavy (non-hydrogen) atoms. The molecule has 2 aromatic rings. The average Bonchev–Trinajstić information content (AvgIpc) is 3.06. The summed E-state index contributed by atoms with van der Waals surface area (Å²) in [6.07, 6.45) is 7.11. The fourth-order valence-corrected chi connectivity index (χ4v) is 5.01. The second-order valence-corrected chi connectivity index (χ2v) is 13.7. The Balaban J connectivity index is 2.16. The van der Waals surface area contributed by atoms with E-state index in [1.165, 1.54) is 22.3 Å². The van der Waals surface area contributed by atoms with Crippen LogP contribution >= 0.6 is 0 Å². The number of rotatable bonds is 3. The summed E-state index contributed by atoms with van der Waals surface area (Å²) in [6, 6.07) is 21.5. The molecule has 0 aromatic heterocycles. The third-order valence-corrected chi connectivity index (χ3v) is 11.3. The lowest BCUT2D eigenvalue weighted by atomic mass is 9.93. The minimum absolute atomic E-state index is 0.346. The van der Waals surface area contributed by atoms with Crippen molar-refractivity contribution in [2.75, 3.05) is 0 Å². The molecule has 0 nitrogen and oxygen atoms in total. The first-order valence-corrected chi connectivity index (χ1v) is 12.1. The van der Waals surface area contributed by atoms with Crippen molar-refractivity contribution in [2.24, 2.45) is 0 Å². The molecule has 1 aliphatic rings. The molecule has 0 unspecified atom stereocenters. The van der Waals surface area contributed by atoms with Gasteiger partial charge in [0.15, 0.2) is 0 Å². The fourth-order valence-electron chi connectivity index (χ4n) is 3.13. The highest BCUT2D eigenvalue weighted by Gasteiger charge is 2.38. The molecule has 0 aliphatic heterocycles. The van der Waals surface area contributed by atoms with E-state index in [1.807, 2.05) is 0 Å². The van der Waals surface area contributed by atoms with Gasteiger partial charge in [0.1, 0.15) is 0 Å². The molecule has 0 radical (unpaired) electrons. The van der Waals surface area contributed by atoms with Gasteiger partial charge in [-0.2, -0.15) is 0 Å². The Morgan fingerprint density at radius 3 is 1.64 bits per heavy atom. The van der Waals surface area contributed by atoms with Crippen LogP contribution in [-0.4, -0.2) is 8.07 Å². The third-order valence-electron chi connectivity index (χ3n) is 5.76. The predicted molar refractivity (Wildman–Crippen MR) is 113 cm³/mol. The van der Waals surface area contributed by atoms with E-state index in [9.17, 15) is 0 Å². The fraction of sp³-hybridized carbons (Fsp3) is 0.250. The molecule has 2 aromatic carbocycles. The topological polar surface area (TPSA) is 0 Å². The normalized spacial score (nSPS) is 14.6. The van der Waals surface area contributed by atoms with Crippen LogP contribution in [0.25, 0.3) is 5.57 Å². The Labute approximate surface area is 153 Å². The lowest BCUT2D eigenvalue weighted by molar-refractivity contribution is 0.726. The molecule has 0 amide bonds. The van der Waals surface area contributed by atoms with Gasteiger partial charge in [0.2, 0.25) is 0 Å². The minimum atomic E-state index is -1.52. The highest BCUT2D eigenvalue weighted by Crippen LogP contribution is 2.44. The maximum absolute atomic E-state index is 2.48. The van der Waals surface area contributed by atoms with E-state index in [0.717, 1.165) is 0 Å². The van der Waals surface area contributed by atoms with E-state index in [0.29, 0.717) is 5.04 Å². The number of hydrogen-bond donors (Lipinski definition) is 0. The van der Waals surface area contributed by atoms with Gasteiger partial charge in [0.25, 0.3) is 0 Å². The first-order valence-electron chi connectivity index (χ1n) is 9.06. The van der Waals surface area contributed by atoms with Crippen LogP contribution in [0.5, 0.6) is 0 Å². The monoisotopic (exact) mass is 344 g/mol. The first-order chi connectivity index (χ1) is 11.8. The van der Waals surface area contributed by atoms with Gasteiger partial charge in [-0.05, 0) is 27.3 Å². The van der Waals surface area contributed by atoms with Gasteiger partial charge in [0, 0.05) is 0 Å². The van der Waals surface area contributed by atoms with Crippen LogP contribution in [0.1, 0.15) is 31.9 Å². The van der Waals surface area contributed by atoms with Crippen LogP contribution in [0, 0.1) is 0 Å². The van der Waals surface area contributed by atoms with Crippen molar-refractivity contribution in [1.82, 2.24) is 0 Å². The number of hydrogen-bond acceptors (Lipinski definition) is 0. The summed E-state index contributed by atoms with van der Waals surface area (Å²) in [5.41, 5.74) is 5.21. The summed E-state index contributed by atoms with van der Waals surface area (Å²) in [6.45, 7) is 12.1. The molecule has 128 valence electrons. The van der Waals surface area contributed by atoms with Gasteiger partial charge in [-0.1, -0.05) is 118 Å². The van der Waals surface area contributed by atoms with Crippen molar-refractivity contribution in [1.29, 1.82) is 0 Å². The van der Waals surface area contributed by atoms with Crippen molar-refractivity contribution in [3.63, 3.8) is 0 Å². The Hall–Kier alpha value is -2.12. The Morgan fingerprint density at radius 1 is 0.720 bits per heavy atom. The van der Waals surface area contributed by atoms with E-state index in [2.05, 4.69) is 113 Å². The quantitative estimate of drug-likeness (QED) is 0.524. The molecule has 0 atom stereocenters. The highest BCUT2D eigenvalue weighted by molar-refractivity contribution is 6.87. The van der Waals surface area contributed by atoms with E-state index in [-0.39, 0.29) is 0 Å². The van der Waals surface area contributed by atoms with E-state index in [4.69, 9.17) is 0 Å². The van der Waals surface area contributed by atoms with Crippen LogP contribution in [0.2, 0.25) is 18.1 Å². The zero-order valence-corrected chi connectivity index (χ0v) is 17.0. The molecular formula is C24H28Si. The third kappa shape index (κ3) is 3.47. The molecule has 0 saturated carbocycles. The second-order valence-electron chi connectivity index (χ2n) is 8.37. The summed E-state index contributed by atoms with van der Waals surface area (Å²) in [5.74, 6) is 0. The van der Waals surface area contributed by atoms with Crippen LogP contribution in [0.15, 0.2) is 89.7 Å². The molecule has 0 spiro atoms. The van der Waals surface area contributed by atoms with Gasteiger partial charge in [0.05, 0.1) is 8.07 Å². The largest absolute Gasteiger partial charge is 0.0859 e. The zero-order valence-electron chi connectivity index (χ0n) is 16.0. The first kappa shape index (κ1) is 17.7. The molecule has 0 saturated heterocycles. The molecule has 1 heteroatoms. The van der Waals surface area contributed by atoms with Crippen LogP contribution in [0.3, 0.4) is 0 Å². The molecule has 1 aliphatic carbocycles. The summed E-state index contributed by atoms with van der Waals surface area (Å²) < 4.78 is 0. The van der Waals surface area contributed by atoms with Crippen molar-refractivity contribution in [3.8, 4) is 0 Å². The molecule has 0 fully saturated rings. The Morgan fingerprint density at radius 2 is 1.20 bits per heavy atom. The smallest absolute Gasteiger partial charge is 0.0650 e. The number of allylic oxidation sites excluding steroid dienone is 5. The van der Waals surface area contributed by atoms with Gasteiger partial charge in [-0.15, -0.1) is 0 Å². The Kier molecular flexibility index (Phi) is 4.70. The van der Waals surface area contributed by atoms with Crippen molar-refractivity contribution in [2.45, 2.75) is 38.9 Å². The lowest BCUT2D eigenvalue weighted by Gasteiger charge is -2.37. The van der Waals surface area contributed by atoms with Crippen LogP contribution in [-0.2, 0) is 0 Å². The standard InChI is InChI=1S/C24H28Si/c1-24(2,3)25(4,5)22-17-16-21(18-22)23(19-12-8-6-9-13-19)20-14-10-7-11-15-20/h6-18H,1-5H3. The van der Waals surface area contributed by atoms with E-state index >= 15 is 0 Å². The predicted octanol–water partition coefficient (Wildman–Crippen LogP) is 7.03. The maximum Gasteiger partial charge on any atom is 0.0859 e. The molecule has 3 rings (SSSR count). The summed E-state index contributed by atoms with van der Waals surface area (Å²) >= 11 is 0. The lowest BCUT2D eigenvalue weighted by Crippen LogP contribution is -2.38. The van der Waals surface area contributed by atoms with Gasteiger partial charge in [-0.25, -0.2) is 0 Å². The summed E-state index contributed by atoms with van der Waals surface area (Å²) in [4.78, 5) is 0. The van der Waals surface area contributed by atoms with E-state index in [1.54, 1.807) is 5.20 Å². The summed E-state index contributed by atoms with van der Waals surface area (Å²) in [5, 5.41) is 1.89. The highest BCUT2D eigenvalue weighted by atomic mass is 28.3. The SMILES string of the molecule is CC(C)(C)[Si](C)(C)C1=CC(=C(c2ccccc2)c2ccccc2)C=C1. The zero-order chi connectivity index (χ0) is 18.1. The molecule has 0 heterocycles. The second kappa shape index (κ2) is 6.65. The average molecular weight is 345 g/mol. The summed E-state index contributed by atoms with van der Waals surface area (Å²) in [7, 11) is -1.52. The van der Waals surface area contributed by atoms with Crippen molar-refractivity contribution < 1.29 is 0 Å². The molecule has 0 N–H and O–H groups in total. The van der Waals surface area contributed by atoms with Gasteiger partial charge >= 0.3 is 0 Å². The van der Waals surface area contributed by atoms with Crippen molar-refractivity contribution >= 4 is 13.6 Å². The Bertz CT molecular complexity index is 787. The van der Waals surface area contributed by atoms with Crippen molar-refractivity contribution in [3.05, 3.63) is 101 Å². The molecular weight excluding hydrogens is 316 g/mol. The van der Waals surface area contributed by atoms with Crippen LogP contribution in [0.4, 0.5) is 0 Å². The number of benzene rings is 2.